The molecule has 8 heteroatoms. The maximum Gasteiger partial charge on any atom is 0.262 e. The number of nitrogens with one attached hydrogen (secondary N) is 1. The van der Waals surface area contributed by atoms with Gasteiger partial charge in [-0.15, -0.1) is 0 Å². The highest BCUT2D eigenvalue weighted by Gasteiger charge is 2.16. The van der Waals surface area contributed by atoms with Gasteiger partial charge < -0.3 is 19.5 Å². The SMILES string of the molecule is COCCNC(=O)/C(C#N)=C/c1cn(Cc2ccccc2)nc1-c1ccc(OC)c(OC)c1. The van der Waals surface area contributed by atoms with Gasteiger partial charge in [-0.1, -0.05) is 30.3 Å². The Labute approximate surface area is 193 Å². The van der Waals surface area contributed by atoms with Crippen LogP contribution < -0.4 is 14.8 Å². The van der Waals surface area contributed by atoms with Crippen molar-refractivity contribution in [1.29, 1.82) is 5.26 Å². The molecule has 1 N–H and O–H groups in total. The molecule has 0 aliphatic carbocycles. The van der Waals surface area contributed by atoms with E-state index >= 15 is 0 Å². The maximum atomic E-state index is 12.5. The zero-order valence-corrected chi connectivity index (χ0v) is 18.9. The van der Waals surface area contributed by atoms with Crippen molar-refractivity contribution in [2.45, 2.75) is 6.54 Å². The second-order valence-corrected chi connectivity index (χ2v) is 7.10. The first-order valence-electron chi connectivity index (χ1n) is 10.3. The normalized spacial score (nSPS) is 11.0. The minimum atomic E-state index is -0.469. The Kier molecular flexibility index (Phi) is 8.22. The molecule has 0 saturated heterocycles. The van der Waals surface area contributed by atoms with E-state index in [-0.39, 0.29) is 5.57 Å². The van der Waals surface area contributed by atoms with Gasteiger partial charge >= 0.3 is 0 Å². The fraction of sp³-hybridized carbons (Fsp3) is 0.240. The van der Waals surface area contributed by atoms with Gasteiger partial charge in [-0.3, -0.25) is 9.48 Å². The lowest BCUT2D eigenvalue weighted by atomic mass is 10.1. The molecular weight excluding hydrogens is 420 g/mol. The van der Waals surface area contributed by atoms with Crippen molar-refractivity contribution >= 4 is 12.0 Å². The fourth-order valence-corrected chi connectivity index (χ4v) is 3.27. The Morgan fingerprint density at radius 1 is 1.12 bits per heavy atom. The molecule has 8 nitrogen and oxygen atoms in total. The molecule has 0 fully saturated rings. The van der Waals surface area contributed by atoms with Crippen LogP contribution in [-0.4, -0.2) is 50.2 Å². The van der Waals surface area contributed by atoms with Crippen LogP contribution in [-0.2, 0) is 16.1 Å². The van der Waals surface area contributed by atoms with Crippen LogP contribution in [0.2, 0.25) is 0 Å². The third-order valence-electron chi connectivity index (χ3n) is 4.89. The van der Waals surface area contributed by atoms with Crippen molar-refractivity contribution in [3.63, 3.8) is 0 Å². The molecule has 170 valence electrons. The zero-order valence-electron chi connectivity index (χ0n) is 18.9. The van der Waals surface area contributed by atoms with E-state index in [0.29, 0.717) is 42.5 Å². The van der Waals surface area contributed by atoms with Gasteiger partial charge in [-0.2, -0.15) is 10.4 Å². The van der Waals surface area contributed by atoms with Crippen molar-refractivity contribution in [1.82, 2.24) is 15.1 Å². The van der Waals surface area contributed by atoms with Gasteiger partial charge in [-0.05, 0) is 29.8 Å². The third-order valence-corrected chi connectivity index (χ3v) is 4.89. The number of ether oxygens (including phenoxy) is 3. The highest BCUT2D eigenvalue weighted by molar-refractivity contribution is 6.02. The van der Waals surface area contributed by atoms with Crippen LogP contribution in [0.3, 0.4) is 0 Å². The largest absolute Gasteiger partial charge is 0.493 e. The molecule has 0 unspecified atom stereocenters. The van der Waals surface area contributed by atoms with Gasteiger partial charge in [0.1, 0.15) is 11.6 Å². The Balaban J connectivity index is 2.03. The molecule has 0 radical (unpaired) electrons. The average molecular weight is 447 g/mol. The van der Waals surface area contributed by atoms with E-state index in [1.54, 1.807) is 38.2 Å². The summed E-state index contributed by atoms with van der Waals surface area (Å²) in [6, 6.07) is 17.4. The smallest absolute Gasteiger partial charge is 0.262 e. The number of amides is 1. The summed E-state index contributed by atoms with van der Waals surface area (Å²) in [5, 5.41) is 17.0. The van der Waals surface area contributed by atoms with Crippen LogP contribution in [0, 0.1) is 11.3 Å². The van der Waals surface area contributed by atoms with Crippen molar-refractivity contribution in [3.05, 3.63) is 71.4 Å². The Morgan fingerprint density at radius 3 is 2.55 bits per heavy atom. The van der Waals surface area contributed by atoms with Crippen LogP contribution in [0.25, 0.3) is 17.3 Å². The summed E-state index contributed by atoms with van der Waals surface area (Å²) in [6.07, 6.45) is 3.36. The number of benzene rings is 2. The summed E-state index contributed by atoms with van der Waals surface area (Å²) in [4.78, 5) is 12.5. The van der Waals surface area contributed by atoms with E-state index in [4.69, 9.17) is 19.3 Å². The van der Waals surface area contributed by atoms with Crippen molar-refractivity contribution in [2.75, 3.05) is 34.5 Å². The first-order chi connectivity index (χ1) is 16.1. The molecule has 1 aromatic heterocycles. The lowest BCUT2D eigenvalue weighted by molar-refractivity contribution is -0.117. The van der Waals surface area contributed by atoms with Crippen molar-refractivity contribution in [2.24, 2.45) is 0 Å². The molecule has 1 amide bonds. The van der Waals surface area contributed by atoms with Crippen LogP contribution in [0.15, 0.2) is 60.3 Å². The number of nitrogens with zero attached hydrogens (tertiary/aromatic N) is 3. The first kappa shape index (κ1) is 23.6. The topological polar surface area (TPSA) is 98.4 Å². The number of hydrogen-bond donors (Lipinski definition) is 1. The van der Waals surface area contributed by atoms with Gasteiger partial charge in [0, 0.05) is 31.0 Å². The summed E-state index contributed by atoms with van der Waals surface area (Å²) in [7, 11) is 4.68. The van der Waals surface area contributed by atoms with E-state index in [9.17, 15) is 10.1 Å². The van der Waals surface area contributed by atoms with E-state index in [0.717, 1.165) is 11.1 Å². The van der Waals surface area contributed by atoms with E-state index in [1.165, 1.54) is 0 Å². The molecule has 0 atom stereocenters. The minimum absolute atomic E-state index is 0.0212. The molecule has 33 heavy (non-hydrogen) atoms. The predicted molar refractivity (Wildman–Crippen MR) is 125 cm³/mol. The van der Waals surface area contributed by atoms with Gasteiger partial charge in [0.15, 0.2) is 11.5 Å². The fourth-order valence-electron chi connectivity index (χ4n) is 3.27. The summed E-state index contributed by atoms with van der Waals surface area (Å²) < 4.78 is 17.5. The van der Waals surface area contributed by atoms with Crippen LogP contribution in [0.1, 0.15) is 11.1 Å². The molecular formula is C25H26N4O4. The van der Waals surface area contributed by atoms with E-state index < -0.39 is 5.91 Å². The minimum Gasteiger partial charge on any atom is -0.493 e. The van der Waals surface area contributed by atoms with Gasteiger partial charge in [-0.25, -0.2) is 0 Å². The average Bonchev–Trinajstić information content (AvgIpc) is 3.24. The quantitative estimate of drug-likeness (QED) is 0.292. The second-order valence-electron chi connectivity index (χ2n) is 7.10. The number of nitriles is 1. The van der Waals surface area contributed by atoms with Crippen LogP contribution >= 0.6 is 0 Å². The van der Waals surface area contributed by atoms with E-state index in [1.807, 2.05) is 54.7 Å². The van der Waals surface area contributed by atoms with Gasteiger partial charge in [0.05, 0.1) is 33.1 Å². The number of aromatic nitrogens is 2. The highest BCUT2D eigenvalue weighted by atomic mass is 16.5. The van der Waals surface area contributed by atoms with Crippen molar-refractivity contribution in [3.8, 4) is 28.8 Å². The summed E-state index contributed by atoms with van der Waals surface area (Å²) in [5.41, 5.74) is 3.07. The predicted octanol–water partition coefficient (Wildman–Crippen LogP) is 3.29. The Bertz CT molecular complexity index is 1160. The third kappa shape index (κ3) is 5.99. The molecule has 1 heterocycles. The molecule has 3 rings (SSSR count). The molecule has 0 spiro atoms. The summed E-state index contributed by atoms with van der Waals surface area (Å²) >= 11 is 0. The van der Waals surface area contributed by atoms with E-state index in [2.05, 4.69) is 5.32 Å². The summed E-state index contributed by atoms with van der Waals surface area (Å²) in [5.74, 6) is 0.682. The second kappa shape index (κ2) is 11.5. The number of carbonyl (C=O) groups excluding carboxylic acids is 1. The molecule has 0 bridgehead atoms. The Hall–Kier alpha value is -4.09. The monoisotopic (exact) mass is 446 g/mol. The molecule has 0 aliphatic rings. The number of carbonyl (C=O) groups is 1. The molecule has 0 saturated carbocycles. The number of methoxy groups -OCH3 is 3. The molecule has 2 aromatic carbocycles. The number of hydrogen-bond acceptors (Lipinski definition) is 6. The maximum absolute atomic E-state index is 12.5. The van der Waals surface area contributed by atoms with Crippen LogP contribution in [0.4, 0.5) is 0 Å². The van der Waals surface area contributed by atoms with Gasteiger partial charge in [0.2, 0.25) is 0 Å². The first-order valence-corrected chi connectivity index (χ1v) is 10.3. The Morgan fingerprint density at radius 2 is 1.88 bits per heavy atom. The number of rotatable bonds is 10. The lowest BCUT2D eigenvalue weighted by Crippen LogP contribution is -2.27. The summed E-state index contributed by atoms with van der Waals surface area (Å²) in [6.45, 7) is 1.21. The zero-order chi connectivity index (χ0) is 23.6. The highest BCUT2D eigenvalue weighted by Crippen LogP contribution is 2.33. The van der Waals surface area contributed by atoms with Crippen molar-refractivity contribution < 1.29 is 19.0 Å². The molecule has 3 aromatic rings. The lowest BCUT2D eigenvalue weighted by Gasteiger charge is -2.09. The van der Waals surface area contributed by atoms with Gasteiger partial charge in [0.25, 0.3) is 5.91 Å². The molecule has 0 aliphatic heterocycles. The standard InChI is InChI=1S/C25H26N4O4/c1-31-12-11-27-25(30)20(15-26)13-21-17-29(16-18-7-5-4-6-8-18)28-24(21)19-9-10-22(32-2)23(14-19)33-3/h4-10,13-14,17H,11-12,16H2,1-3H3,(H,27,30)/b20-13+. The van der Waals surface area contributed by atoms with Crippen LogP contribution in [0.5, 0.6) is 11.5 Å².